The Morgan fingerprint density at radius 1 is 1.00 bits per heavy atom. The van der Waals surface area contributed by atoms with Gasteiger partial charge in [0.1, 0.15) is 11.5 Å². The third kappa shape index (κ3) is 2.50. The van der Waals surface area contributed by atoms with E-state index in [2.05, 4.69) is 4.98 Å². The number of benzene rings is 2. The van der Waals surface area contributed by atoms with Crippen molar-refractivity contribution in [3.05, 3.63) is 58.7 Å². The number of anilines is 1. The first-order chi connectivity index (χ1) is 9.63. The lowest BCUT2D eigenvalue weighted by atomic mass is 10.2. The Morgan fingerprint density at radius 2 is 1.75 bits per heavy atom. The molecule has 0 bridgehead atoms. The SMILES string of the molecule is Nc1cccc2c(Oc3cc(Cl)cc(Cl)c3)ccnc12. The van der Waals surface area contributed by atoms with E-state index in [0.717, 1.165) is 5.39 Å². The summed E-state index contributed by atoms with van der Waals surface area (Å²) in [6.07, 6.45) is 1.65. The Bertz CT molecular complexity index is 770. The summed E-state index contributed by atoms with van der Waals surface area (Å²) < 4.78 is 5.84. The lowest BCUT2D eigenvalue weighted by Gasteiger charge is -2.10. The van der Waals surface area contributed by atoms with Gasteiger partial charge in [-0.1, -0.05) is 29.3 Å². The second kappa shape index (κ2) is 5.19. The summed E-state index contributed by atoms with van der Waals surface area (Å²) in [4.78, 5) is 4.26. The zero-order chi connectivity index (χ0) is 14.1. The molecule has 2 aromatic carbocycles. The normalized spacial score (nSPS) is 10.7. The molecule has 100 valence electrons. The van der Waals surface area contributed by atoms with E-state index in [1.165, 1.54) is 0 Å². The van der Waals surface area contributed by atoms with E-state index in [0.29, 0.717) is 32.7 Å². The van der Waals surface area contributed by atoms with Crippen molar-refractivity contribution in [1.82, 2.24) is 4.98 Å². The molecular formula is C15H10Cl2N2O. The average Bonchev–Trinajstić information content (AvgIpc) is 2.39. The quantitative estimate of drug-likeness (QED) is 0.684. The number of halogens is 2. The Balaban J connectivity index is 2.09. The summed E-state index contributed by atoms with van der Waals surface area (Å²) in [5, 5.41) is 1.87. The Labute approximate surface area is 125 Å². The van der Waals surface area contributed by atoms with Gasteiger partial charge in [-0.15, -0.1) is 0 Å². The van der Waals surface area contributed by atoms with E-state index in [-0.39, 0.29) is 0 Å². The number of fused-ring (bicyclic) bond motifs is 1. The summed E-state index contributed by atoms with van der Waals surface area (Å²) in [5.41, 5.74) is 7.22. The van der Waals surface area contributed by atoms with Crippen molar-refractivity contribution in [3.8, 4) is 11.5 Å². The molecule has 2 N–H and O–H groups in total. The monoisotopic (exact) mass is 304 g/mol. The molecule has 5 heteroatoms. The van der Waals surface area contributed by atoms with E-state index >= 15 is 0 Å². The first-order valence-corrected chi connectivity index (χ1v) is 6.66. The van der Waals surface area contributed by atoms with Gasteiger partial charge in [0.05, 0.1) is 11.2 Å². The minimum atomic E-state index is 0.519. The lowest BCUT2D eigenvalue weighted by Crippen LogP contribution is -1.92. The van der Waals surface area contributed by atoms with E-state index in [1.54, 1.807) is 36.5 Å². The van der Waals surface area contributed by atoms with Crippen molar-refractivity contribution in [2.45, 2.75) is 0 Å². The van der Waals surface area contributed by atoms with Crippen LogP contribution in [0, 0.1) is 0 Å². The fraction of sp³-hybridized carbons (Fsp3) is 0. The summed E-state index contributed by atoms with van der Waals surface area (Å²) in [7, 11) is 0. The molecule has 0 aliphatic rings. The molecule has 0 aliphatic heterocycles. The Hall–Kier alpha value is -1.97. The third-order valence-electron chi connectivity index (χ3n) is 2.83. The second-order valence-electron chi connectivity index (χ2n) is 4.26. The maximum atomic E-state index is 5.96. The molecule has 3 nitrogen and oxygen atoms in total. The van der Waals surface area contributed by atoms with Gasteiger partial charge in [0.25, 0.3) is 0 Å². The molecule has 0 unspecified atom stereocenters. The summed E-state index contributed by atoms with van der Waals surface area (Å²) in [6, 6.07) is 12.4. The molecule has 0 saturated carbocycles. The van der Waals surface area contributed by atoms with Crippen LogP contribution < -0.4 is 10.5 Å². The molecule has 0 atom stereocenters. The maximum absolute atomic E-state index is 5.96. The van der Waals surface area contributed by atoms with Crippen molar-refractivity contribution in [3.63, 3.8) is 0 Å². The van der Waals surface area contributed by atoms with Gasteiger partial charge in [0, 0.05) is 21.6 Å². The standard InChI is InChI=1S/C15H10Cl2N2O/c16-9-6-10(17)8-11(7-9)20-14-4-5-19-15-12(14)2-1-3-13(15)18/h1-8H,18H2. The zero-order valence-corrected chi connectivity index (χ0v) is 11.8. The minimum Gasteiger partial charge on any atom is -0.456 e. The molecule has 1 aromatic heterocycles. The van der Waals surface area contributed by atoms with Crippen molar-refractivity contribution < 1.29 is 4.74 Å². The number of nitrogen functional groups attached to an aromatic ring is 1. The second-order valence-corrected chi connectivity index (χ2v) is 5.13. The number of hydrogen-bond donors (Lipinski definition) is 1. The van der Waals surface area contributed by atoms with Crippen LogP contribution in [0.25, 0.3) is 10.9 Å². The number of pyridine rings is 1. The van der Waals surface area contributed by atoms with Crippen molar-refractivity contribution >= 4 is 39.8 Å². The minimum absolute atomic E-state index is 0.519. The number of hydrogen-bond acceptors (Lipinski definition) is 3. The van der Waals surface area contributed by atoms with Crippen LogP contribution >= 0.6 is 23.2 Å². The molecule has 0 fully saturated rings. The number of aromatic nitrogens is 1. The van der Waals surface area contributed by atoms with Crippen LogP contribution in [0.3, 0.4) is 0 Å². The predicted octanol–water partition coefficient (Wildman–Crippen LogP) is 4.92. The number of para-hydroxylation sites is 1. The van der Waals surface area contributed by atoms with Gasteiger partial charge in [-0.2, -0.15) is 0 Å². The zero-order valence-electron chi connectivity index (χ0n) is 10.3. The summed E-state index contributed by atoms with van der Waals surface area (Å²) in [5.74, 6) is 1.22. The van der Waals surface area contributed by atoms with Gasteiger partial charge in [-0.3, -0.25) is 4.98 Å². The van der Waals surface area contributed by atoms with Gasteiger partial charge < -0.3 is 10.5 Å². The molecule has 20 heavy (non-hydrogen) atoms. The van der Waals surface area contributed by atoms with E-state index in [4.69, 9.17) is 33.7 Å². The fourth-order valence-corrected chi connectivity index (χ4v) is 2.48. The smallest absolute Gasteiger partial charge is 0.138 e. The Morgan fingerprint density at radius 3 is 2.50 bits per heavy atom. The maximum Gasteiger partial charge on any atom is 0.138 e. The molecule has 0 spiro atoms. The van der Waals surface area contributed by atoms with Crippen LogP contribution in [-0.4, -0.2) is 4.98 Å². The molecule has 0 saturated heterocycles. The van der Waals surface area contributed by atoms with Crippen LogP contribution in [0.5, 0.6) is 11.5 Å². The van der Waals surface area contributed by atoms with Crippen molar-refractivity contribution in [2.75, 3.05) is 5.73 Å². The molecular weight excluding hydrogens is 295 g/mol. The molecule has 0 aliphatic carbocycles. The van der Waals surface area contributed by atoms with Gasteiger partial charge >= 0.3 is 0 Å². The van der Waals surface area contributed by atoms with Gasteiger partial charge in [0.15, 0.2) is 0 Å². The molecule has 0 amide bonds. The highest BCUT2D eigenvalue weighted by Crippen LogP contribution is 2.33. The highest BCUT2D eigenvalue weighted by molar-refractivity contribution is 6.34. The van der Waals surface area contributed by atoms with Crippen LogP contribution in [-0.2, 0) is 0 Å². The van der Waals surface area contributed by atoms with Crippen LogP contribution in [0.15, 0.2) is 48.7 Å². The van der Waals surface area contributed by atoms with Gasteiger partial charge in [-0.05, 0) is 36.4 Å². The number of rotatable bonds is 2. The Kier molecular flexibility index (Phi) is 3.38. The summed E-state index contributed by atoms with van der Waals surface area (Å²) in [6.45, 7) is 0. The van der Waals surface area contributed by atoms with E-state index < -0.39 is 0 Å². The largest absolute Gasteiger partial charge is 0.456 e. The lowest BCUT2D eigenvalue weighted by molar-refractivity contribution is 0.488. The topological polar surface area (TPSA) is 48.1 Å². The highest BCUT2D eigenvalue weighted by Gasteiger charge is 2.07. The van der Waals surface area contributed by atoms with Crippen molar-refractivity contribution in [1.29, 1.82) is 0 Å². The molecule has 3 rings (SSSR count). The van der Waals surface area contributed by atoms with Crippen LogP contribution in [0.4, 0.5) is 5.69 Å². The number of ether oxygens (including phenoxy) is 1. The highest BCUT2D eigenvalue weighted by atomic mass is 35.5. The van der Waals surface area contributed by atoms with E-state index in [9.17, 15) is 0 Å². The first kappa shape index (κ1) is 13.0. The van der Waals surface area contributed by atoms with Gasteiger partial charge in [0.2, 0.25) is 0 Å². The van der Waals surface area contributed by atoms with E-state index in [1.807, 2.05) is 12.1 Å². The fourth-order valence-electron chi connectivity index (χ4n) is 1.98. The van der Waals surface area contributed by atoms with Crippen LogP contribution in [0.2, 0.25) is 10.0 Å². The third-order valence-corrected chi connectivity index (χ3v) is 3.26. The summed E-state index contributed by atoms with van der Waals surface area (Å²) >= 11 is 11.9. The van der Waals surface area contributed by atoms with Gasteiger partial charge in [-0.25, -0.2) is 0 Å². The van der Waals surface area contributed by atoms with Crippen molar-refractivity contribution in [2.24, 2.45) is 0 Å². The van der Waals surface area contributed by atoms with Crippen LogP contribution in [0.1, 0.15) is 0 Å². The first-order valence-electron chi connectivity index (χ1n) is 5.90. The number of nitrogens with zero attached hydrogens (tertiary/aromatic N) is 1. The molecule has 0 radical (unpaired) electrons. The molecule has 3 aromatic rings. The average molecular weight is 305 g/mol. The molecule has 1 heterocycles. The number of nitrogens with two attached hydrogens (primary N) is 1. The predicted molar refractivity (Wildman–Crippen MR) is 82.7 cm³/mol.